The minimum absolute atomic E-state index is 0.0414. The van der Waals surface area contributed by atoms with E-state index < -0.39 is 0 Å². The second-order valence-electron chi connectivity index (χ2n) is 4.99. The number of amidine groups is 1. The SMILES string of the molecule is C=C(CN(C)C(C)=O)C(N)=Nc1ccc2cnn(C)c2c1. The first-order valence-electron chi connectivity index (χ1n) is 6.54. The molecule has 2 aromatic rings. The van der Waals surface area contributed by atoms with E-state index in [1.165, 1.54) is 11.8 Å². The van der Waals surface area contributed by atoms with Crippen LogP contribution in [0.4, 0.5) is 5.69 Å². The summed E-state index contributed by atoms with van der Waals surface area (Å²) in [6, 6.07) is 5.73. The van der Waals surface area contributed by atoms with Gasteiger partial charge in [0.1, 0.15) is 5.84 Å². The minimum Gasteiger partial charge on any atom is -0.383 e. The van der Waals surface area contributed by atoms with Gasteiger partial charge in [-0.15, -0.1) is 0 Å². The Morgan fingerprint density at radius 2 is 2.24 bits per heavy atom. The predicted molar refractivity (Wildman–Crippen MR) is 84.4 cm³/mol. The Kier molecular flexibility index (Phi) is 4.07. The third-order valence-electron chi connectivity index (χ3n) is 3.31. The van der Waals surface area contributed by atoms with Gasteiger partial charge in [-0.25, -0.2) is 4.99 Å². The van der Waals surface area contributed by atoms with Gasteiger partial charge >= 0.3 is 0 Å². The highest BCUT2D eigenvalue weighted by atomic mass is 16.2. The number of carbonyl (C=O) groups excluding carboxylic acids is 1. The van der Waals surface area contributed by atoms with E-state index in [1.54, 1.807) is 17.9 Å². The molecule has 1 aromatic carbocycles. The van der Waals surface area contributed by atoms with Crippen LogP contribution in [0, 0.1) is 0 Å². The van der Waals surface area contributed by atoms with Crippen molar-refractivity contribution in [2.24, 2.45) is 17.8 Å². The van der Waals surface area contributed by atoms with Crippen LogP contribution >= 0.6 is 0 Å². The molecule has 6 heteroatoms. The highest BCUT2D eigenvalue weighted by molar-refractivity contribution is 5.99. The lowest BCUT2D eigenvalue weighted by atomic mass is 10.2. The quantitative estimate of drug-likeness (QED) is 0.684. The number of likely N-dealkylation sites (N-methyl/N-ethyl adjacent to an activating group) is 1. The molecule has 2 rings (SSSR count). The molecule has 21 heavy (non-hydrogen) atoms. The Labute approximate surface area is 123 Å². The fourth-order valence-corrected chi connectivity index (χ4v) is 1.90. The van der Waals surface area contributed by atoms with Crippen molar-refractivity contribution < 1.29 is 4.79 Å². The molecule has 1 amide bonds. The Bertz CT molecular complexity index is 729. The van der Waals surface area contributed by atoms with Gasteiger partial charge in [-0.05, 0) is 18.2 Å². The molecule has 0 spiro atoms. The standard InChI is InChI=1S/C15H19N5O/c1-10(9-19(3)11(2)21)15(16)18-13-6-5-12-8-17-20(4)14(12)7-13/h5-8H,1,9H2,2-4H3,(H2,16,18). The van der Waals surface area contributed by atoms with E-state index in [4.69, 9.17) is 5.73 Å². The van der Waals surface area contributed by atoms with Gasteiger partial charge in [-0.2, -0.15) is 5.10 Å². The van der Waals surface area contributed by atoms with Crippen molar-refractivity contribution in [3.63, 3.8) is 0 Å². The zero-order chi connectivity index (χ0) is 15.6. The Morgan fingerprint density at radius 1 is 1.52 bits per heavy atom. The number of amides is 1. The summed E-state index contributed by atoms with van der Waals surface area (Å²) in [5, 5.41) is 5.23. The average Bonchev–Trinajstić information content (AvgIpc) is 2.80. The lowest BCUT2D eigenvalue weighted by molar-refractivity contribution is -0.127. The Balaban J connectivity index is 2.21. The molecule has 110 valence electrons. The first-order chi connectivity index (χ1) is 9.88. The van der Waals surface area contributed by atoms with Crippen molar-refractivity contribution >= 4 is 28.3 Å². The molecule has 1 heterocycles. The van der Waals surface area contributed by atoms with E-state index >= 15 is 0 Å². The van der Waals surface area contributed by atoms with E-state index in [2.05, 4.69) is 16.7 Å². The molecule has 0 aliphatic heterocycles. The number of benzene rings is 1. The Hall–Kier alpha value is -2.63. The fraction of sp³-hybridized carbons (Fsp3) is 0.267. The number of aliphatic imine (C=N–C) groups is 1. The highest BCUT2D eigenvalue weighted by Crippen LogP contribution is 2.20. The average molecular weight is 285 g/mol. The van der Waals surface area contributed by atoms with E-state index in [1.807, 2.05) is 25.2 Å². The Morgan fingerprint density at radius 3 is 2.90 bits per heavy atom. The molecule has 0 unspecified atom stereocenters. The monoisotopic (exact) mass is 285 g/mol. The maximum absolute atomic E-state index is 11.2. The molecule has 1 aromatic heterocycles. The summed E-state index contributed by atoms with van der Waals surface area (Å²) in [7, 11) is 3.57. The van der Waals surface area contributed by atoms with Crippen LogP contribution in [0.25, 0.3) is 10.9 Å². The molecular weight excluding hydrogens is 266 g/mol. The highest BCUT2D eigenvalue weighted by Gasteiger charge is 2.08. The van der Waals surface area contributed by atoms with E-state index in [-0.39, 0.29) is 5.91 Å². The second kappa shape index (κ2) is 5.78. The van der Waals surface area contributed by atoms with Gasteiger partial charge in [0.2, 0.25) is 5.91 Å². The van der Waals surface area contributed by atoms with Crippen molar-refractivity contribution in [1.29, 1.82) is 0 Å². The van der Waals surface area contributed by atoms with E-state index in [0.29, 0.717) is 18.0 Å². The normalized spacial score (nSPS) is 11.7. The topological polar surface area (TPSA) is 76.5 Å². The first kappa shape index (κ1) is 14.8. The van der Waals surface area contributed by atoms with Gasteiger partial charge in [0.25, 0.3) is 0 Å². The number of nitrogens with two attached hydrogens (primary N) is 1. The molecule has 0 saturated carbocycles. The van der Waals surface area contributed by atoms with E-state index in [0.717, 1.165) is 16.6 Å². The molecule has 0 saturated heterocycles. The summed E-state index contributed by atoms with van der Waals surface area (Å²) in [6.07, 6.45) is 1.80. The van der Waals surface area contributed by atoms with Crippen molar-refractivity contribution in [2.75, 3.05) is 13.6 Å². The lowest BCUT2D eigenvalue weighted by Crippen LogP contribution is -2.30. The molecule has 0 aliphatic rings. The number of hydrogen-bond donors (Lipinski definition) is 1. The largest absolute Gasteiger partial charge is 0.383 e. The molecule has 0 radical (unpaired) electrons. The summed E-state index contributed by atoms with van der Waals surface area (Å²) in [4.78, 5) is 17.1. The van der Waals surface area contributed by atoms with Crippen LogP contribution in [-0.2, 0) is 11.8 Å². The lowest BCUT2D eigenvalue weighted by Gasteiger charge is -2.16. The smallest absolute Gasteiger partial charge is 0.219 e. The van der Waals surface area contributed by atoms with Gasteiger partial charge in [0, 0.05) is 38.5 Å². The second-order valence-corrected chi connectivity index (χ2v) is 4.99. The summed E-state index contributed by atoms with van der Waals surface area (Å²) < 4.78 is 1.78. The number of aromatic nitrogens is 2. The van der Waals surface area contributed by atoms with Crippen LogP contribution in [0.5, 0.6) is 0 Å². The molecule has 6 nitrogen and oxygen atoms in total. The summed E-state index contributed by atoms with van der Waals surface area (Å²) in [5.41, 5.74) is 8.27. The maximum Gasteiger partial charge on any atom is 0.219 e. The number of nitrogens with zero attached hydrogens (tertiary/aromatic N) is 4. The number of fused-ring (bicyclic) bond motifs is 1. The zero-order valence-electron chi connectivity index (χ0n) is 12.5. The predicted octanol–water partition coefficient (Wildman–Crippen LogP) is 1.60. The first-order valence-corrected chi connectivity index (χ1v) is 6.54. The van der Waals surface area contributed by atoms with Crippen LogP contribution in [0.15, 0.2) is 41.5 Å². The van der Waals surface area contributed by atoms with Crippen molar-refractivity contribution in [3.8, 4) is 0 Å². The van der Waals surface area contributed by atoms with Gasteiger partial charge in [-0.1, -0.05) is 6.58 Å². The third kappa shape index (κ3) is 3.28. The summed E-state index contributed by atoms with van der Waals surface area (Å²) in [5.74, 6) is 0.282. The number of hydrogen-bond acceptors (Lipinski definition) is 3. The maximum atomic E-state index is 11.2. The van der Waals surface area contributed by atoms with Crippen molar-refractivity contribution in [3.05, 3.63) is 36.5 Å². The molecule has 0 atom stereocenters. The minimum atomic E-state index is -0.0414. The number of rotatable bonds is 4. The fourth-order valence-electron chi connectivity index (χ4n) is 1.90. The van der Waals surface area contributed by atoms with Crippen LogP contribution in [0.1, 0.15) is 6.92 Å². The molecule has 0 fully saturated rings. The van der Waals surface area contributed by atoms with Crippen LogP contribution in [0.3, 0.4) is 0 Å². The molecule has 0 bridgehead atoms. The molecule has 0 aliphatic carbocycles. The van der Waals surface area contributed by atoms with Gasteiger partial charge in [0.15, 0.2) is 0 Å². The van der Waals surface area contributed by atoms with Crippen LogP contribution in [0.2, 0.25) is 0 Å². The van der Waals surface area contributed by atoms with Gasteiger partial charge < -0.3 is 10.6 Å². The van der Waals surface area contributed by atoms with Gasteiger partial charge in [0.05, 0.1) is 17.4 Å². The van der Waals surface area contributed by atoms with Gasteiger partial charge in [-0.3, -0.25) is 9.48 Å². The third-order valence-corrected chi connectivity index (χ3v) is 3.31. The van der Waals surface area contributed by atoms with Crippen LogP contribution < -0.4 is 5.73 Å². The van der Waals surface area contributed by atoms with E-state index in [9.17, 15) is 4.79 Å². The van der Waals surface area contributed by atoms with Crippen LogP contribution in [-0.4, -0.2) is 40.0 Å². The van der Waals surface area contributed by atoms with Crippen molar-refractivity contribution in [1.82, 2.24) is 14.7 Å². The summed E-state index contributed by atoms with van der Waals surface area (Å²) >= 11 is 0. The number of carbonyl (C=O) groups is 1. The van der Waals surface area contributed by atoms with Crippen molar-refractivity contribution in [2.45, 2.75) is 6.92 Å². The summed E-state index contributed by atoms with van der Waals surface area (Å²) in [6.45, 7) is 5.73. The zero-order valence-corrected chi connectivity index (χ0v) is 12.5. The number of aryl methyl sites for hydroxylation is 1. The molecule has 2 N–H and O–H groups in total. The molecular formula is C15H19N5O.